The number of halogens is 1. The molecule has 2 aromatic rings. The monoisotopic (exact) mass is 351 g/mol. The molecule has 130 valence electrons. The quantitative estimate of drug-likeness (QED) is 0.802. The predicted octanol–water partition coefficient (Wildman–Crippen LogP) is 3.01. The molecule has 0 aromatic heterocycles. The van der Waals surface area contributed by atoms with Gasteiger partial charge >= 0.3 is 5.97 Å². The lowest BCUT2D eigenvalue weighted by molar-refractivity contribution is -0.139. The number of hydrogen-bond acceptors (Lipinski definition) is 4. The van der Waals surface area contributed by atoms with Crippen molar-refractivity contribution >= 4 is 18.4 Å². The third kappa shape index (κ3) is 4.40. The standard InChI is InChI=1S/C18H21NO4.ClH/c1-19-14(18(20)21)11-12-7-9-13(10-8-12)17-15(22-2)5-4-6-16(17)23-3;/h4-10,14,19H,11H2,1-3H3,(H,20,21);1H/t14-;/m0./s1. The molecule has 2 N–H and O–H groups in total. The first kappa shape index (κ1) is 19.8. The van der Waals surface area contributed by atoms with Gasteiger partial charge in [-0.15, -0.1) is 12.4 Å². The molecule has 6 heteroatoms. The number of nitrogens with one attached hydrogen (secondary N) is 1. The molecule has 0 radical (unpaired) electrons. The normalized spacial score (nSPS) is 11.3. The van der Waals surface area contributed by atoms with Crippen LogP contribution in [-0.2, 0) is 11.2 Å². The molecule has 0 aliphatic carbocycles. The molecule has 0 saturated carbocycles. The second kappa shape index (κ2) is 9.15. The highest BCUT2D eigenvalue weighted by Gasteiger charge is 2.16. The molecule has 0 unspecified atom stereocenters. The highest BCUT2D eigenvalue weighted by Crippen LogP contribution is 2.38. The van der Waals surface area contributed by atoms with Gasteiger partial charge in [-0.2, -0.15) is 0 Å². The van der Waals surface area contributed by atoms with Crippen molar-refractivity contribution in [1.82, 2.24) is 5.32 Å². The van der Waals surface area contributed by atoms with E-state index in [1.165, 1.54) is 0 Å². The van der Waals surface area contributed by atoms with Crippen LogP contribution in [0.3, 0.4) is 0 Å². The van der Waals surface area contributed by atoms with Crippen LogP contribution in [0.2, 0.25) is 0 Å². The van der Waals surface area contributed by atoms with Gasteiger partial charge in [0.05, 0.1) is 19.8 Å². The van der Waals surface area contributed by atoms with E-state index < -0.39 is 12.0 Å². The lowest BCUT2D eigenvalue weighted by Crippen LogP contribution is -2.35. The van der Waals surface area contributed by atoms with E-state index in [2.05, 4.69) is 5.32 Å². The molecule has 0 fully saturated rings. The molecule has 0 saturated heterocycles. The van der Waals surface area contributed by atoms with E-state index in [9.17, 15) is 4.79 Å². The van der Waals surface area contributed by atoms with Gasteiger partial charge in [0.25, 0.3) is 0 Å². The van der Waals surface area contributed by atoms with E-state index in [1.807, 2.05) is 42.5 Å². The van der Waals surface area contributed by atoms with Crippen LogP contribution in [0.5, 0.6) is 11.5 Å². The third-order valence-electron chi connectivity index (χ3n) is 3.76. The maximum absolute atomic E-state index is 11.1. The minimum Gasteiger partial charge on any atom is -0.496 e. The minimum atomic E-state index is -0.858. The Morgan fingerprint density at radius 3 is 2.04 bits per heavy atom. The van der Waals surface area contributed by atoms with Gasteiger partial charge in [0.1, 0.15) is 17.5 Å². The molecule has 24 heavy (non-hydrogen) atoms. The van der Waals surface area contributed by atoms with Gasteiger partial charge in [-0.3, -0.25) is 4.79 Å². The molecule has 5 nitrogen and oxygen atoms in total. The maximum Gasteiger partial charge on any atom is 0.321 e. The van der Waals surface area contributed by atoms with E-state index in [0.717, 1.165) is 28.2 Å². The van der Waals surface area contributed by atoms with Gasteiger partial charge < -0.3 is 19.9 Å². The summed E-state index contributed by atoms with van der Waals surface area (Å²) in [6, 6.07) is 12.8. The first-order valence-corrected chi connectivity index (χ1v) is 7.31. The summed E-state index contributed by atoms with van der Waals surface area (Å²) in [5, 5.41) is 11.9. The second-order valence-electron chi connectivity index (χ2n) is 5.12. The highest BCUT2D eigenvalue weighted by atomic mass is 35.5. The second-order valence-corrected chi connectivity index (χ2v) is 5.12. The summed E-state index contributed by atoms with van der Waals surface area (Å²) < 4.78 is 10.8. The van der Waals surface area contributed by atoms with Crippen molar-refractivity contribution in [2.24, 2.45) is 0 Å². The Bertz CT molecular complexity index is 651. The van der Waals surface area contributed by atoms with E-state index in [-0.39, 0.29) is 12.4 Å². The van der Waals surface area contributed by atoms with Crippen LogP contribution in [0.25, 0.3) is 11.1 Å². The summed E-state index contributed by atoms with van der Waals surface area (Å²) in [5.41, 5.74) is 2.79. The lowest BCUT2D eigenvalue weighted by atomic mass is 9.99. The number of carbonyl (C=O) groups is 1. The van der Waals surface area contributed by atoms with E-state index in [1.54, 1.807) is 21.3 Å². The van der Waals surface area contributed by atoms with Crippen LogP contribution in [0.1, 0.15) is 5.56 Å². The zero-order valence-electron chi connectivity index (χ0n) is 13.9. The van der Waals surface area contributed by atoms with E-state index in [0.29, 0.717) is 6.42 Å². The third-order valence-corrected chi connectivity index (χ3v) is 3.76. The Labute approximate surface area is 148 Å². The average molecular weight is 352 g/mol. The van der Waals surface area contributed by atoms with Crippen molar-refractivity contribution in [2.45, 2.75) is 12.5 Å². The van der Waals surface area contributed by atoms with Crippen molar-refractivity contribution in [3.05, 3.63) is 48.0 Å². The molecule has 0 spiro atoms. The summed E-state index contributed by atoms with van der Waals surface area (Å²) in [6.45, 7) is 0. The molecule has 0 aliphatic heterocycles. The van der Waals surface area contributed by atoms with Gasteiger partial charge in [0.15, 0.2) is 0 Å². The summed E-state index contributed by atoms with van der Waals surface area (Å²) in [4.78, 5) is 11.1. The fraction of sp³-hybridized carbons (Fsp3) is 0.278. The summed E-state index contributed by atoms with van der Waals surface area (Å²) in [6.07, 6.45) is 0.426. The largest absolute Gasteiger partial charge is 0.496 e. The van der Waals surface area contributed by atoms with Crippen molar-refractivity contribution in [1.29, 1.82) is 0 Å². The number of methoxy groups -OCH3 is 2. The van der Waals surface area contributed by atoms with Gasteiger partial charge in [-0.1, -0.05) is 30.3 Å². The molecule has 2 rings (SSSR count). The highest BCUT2D eigenvalue weighted by molar-refractivity contribution is 5.85. The Hall–Kier alpha value is -2.24. The number of benzene rings is 2. The number of ether oxygens (including phenoxy) is 2. The topological polar surface area (TPSA) is 67.8 Å². The SMILES string of the molecule is CN[C@@H](Cc1ccc(-c2c(OC)cccc2OC)cc1)C(=O)O.Cl. The summed E-state index contributed by atoms with van der Waals surface area (Å²) in [5.74, 6) is 0.606. The van der Waals surface area contributed by atoms with E-state index >= 15 is 0 Å². The van der Waals surface area contributed by atoms with Crippen molar-refractivity contribution in [3.63, 3.8) is 0 Å². The van der Waals surface area contributed by atoms with Gasteiger partial charge in [-0.25, -0.2) is 0 Å². The Kier molecular flexibility index (Phi) is 7.55. The average Bonchev–Trinajstić information content (AvgIpc) is 2.59. The zero-order chi connectivity index (χ0) is 16.8. The molecule has 1 atom stereocenters. The van der Waals surface area contributed by atoms with Crippen molar-refractivity contribution in [2.75, 3.05) is 21.3 Å². The number of carboxylic acid groups (broad SMARTS) is 1. The molecule has 0 amide bonds. The number of carboxylic acids is 1. The maximum atomic E-state index is 11.1. The Morgan fingerprint density at radius 1 is 1.08 bits per heavy atom. The van der Waals surface area contributed by atoms with Crippen molar-refractivity contribution < 1.29 is 19.4 Å². The molecule has 0 heterocycles. The van der Waals surface area contributed by atoms with Crippen LogP contribution in [0.4, 0.5) is 0 Å². The summed E-state index contributed by atoms with van der Waals surface area (Å²) >= 11 is 0. The Morgan fingerprint density at radius 2 is 1.62 bits per heavy atom. The predicted molar refractivity (Wildman–Crippen MR) is 96.4 cm³/mol. The molecular formula is C18H22ClNO4. The number of rotatable bonds is 7. The first-order valence-electron chi connectivity index (χ1n) is 7.31. The first-order chi connectivity index (χ1) is 11.1. The molecular weight excluding hydrogens is 330 g/mol. The van der Waals surface area contributed by atoms with Gasteiger partial charge in [-0.05, 0) is 36.7 Å². The number of aliphatic carboxylic acids is 1. The fourth-order valence-corrected chi connectivity index (χ4v) is 2.49. The van der Waals surface area contributed by atoms with Crippen LogP contribution >= 0.6 is 12.4 Å². The number of hydrogen-bond donors (Lipinski definition) is 2. The van der Waals surface area contributed by atoms with Crippen LogP contribution in [0, 0.1) is 0 Å². The molecule has 2 aromatic carbocycles. The molecule has 0 aliphatic rings. The number of likely N-dealkylation sites (N-methyl/N-ethyl adjacent to an activating group) is 1. The zero-order valence-corrected chi connectivity index (χ0v) is 14.7. The van der Waals surface area contributed by atoms with E-state index in [4.69, 9.17) is 14.6 Å². The lowest BCUT2D eigenvalue weighted by Gasteiger charge is -2.14. The summed E-state index contributed by atoms with van der Waals surface area (Å²) in [7, 11) is 4.89. The fourth-order valence-electron chi connectivity index (χ4n) is 2.49. The van der Waals surface area contributed by atoms with Crippen LogP contribution < -0.4 is 14.8 Å². The van der Waals surface area contributed by atoms with Crippen LogP contribution in [0.15, 0.2) is 42.5 Å². The van der Waals surface area contributed by atoms with Gasteiger partial charge in [0, 0.05) is 0 Å². The van der Waals surface area contributed by atoms with Crippen LogP contribution in [-0.4, -0.2) is 38.4 Å². The Balaban J connectivity index is 0.00000288. The van der Waals surface area contributed by atoms with Gasteiger partial charge in [0.2, 0.25) is 0 Å². The minimum absolute atomic E-state index is 0. The van der Waals surface area contributed by atoms with Crippen molar-refractivity contribution in [3.8, 4) is 22.6 Å². The smallest absolute Gasteiger partial charge is 0.321 e. The molecule has 0 bridgehead atoms.